The monoisotopic (exact) mass is 635 g/mol. The fourth-order valence-electron chi connectivity index (χ4n) is 5.82. The number of likely N-dealkylation sites (tertiary alicyclic amines) is 1. The summed E-state index contributed by atoms with van der Waals surface area (Å²) in [6, 6.07) is 27.5. The Hall–Kier alpha value is -3.70. The van der Waals surface area contributed by atoms with Crippen LogP contribution < -0.4 is 0 Å². The van der Waals surface area contributed by atoms with Crippen LogP contribution in [-0.4, -0.2) is 38.8 Å². The first-order valence-corrected chi connectivity index (χ1v) is 15.2. The Morgan fingerprint density at radius 2 is 1.20 bits per heavy atom. The smallest absolute Gasteiger partial charge is 0.297 e. The molecule has 1 aliphatic rings. The average molecular weight is 636 g/mol. The maximum Gasteiger partial charge on any atom is 0.435 e. The Bertz CT molecular complexity index is 1680. The summed E-state index contributed by atoms with van der Waals surface area (Å²) in [7, 11) is -4.28. The first-order chi connectivity index (χ1) is 20.7. The molecule has 0 aliphatic carbocycles. The van der Waals surface area contributed by atoms with Gasteiger partial charge < -0.3 is 0 Å². The van der Waals surface area contributed by atoms with Crippen LogP contribution in [0.25, 0.3) is 0 Å². The lowest BCUT2D eigenvalue weighted by Crippen LogP contribution is -2.50. The van der Waals surface area contributed by atoms with Crippen LogP contribution in [0.3, 0.4) is 0 Å². The van der Waals surface area contributed by atoms with Gasteiger partial charge in [-0.2, -0.15) is 26.3 Å². The van der Waals surface area contributed by atoms with Crippen LogP contribution in [0, 0.1) is 0 Å². The van der Waals surface area contributed by atoms with E-state index in [-0.39, 0.29) is 30.0 Å². The maximum absolute atomic E-state index is 14.8. The molecule has 1 unspecified atom stereocenters. The maximum atomic E-state index is 14.8. The van der Waals surface area contributed by atoms with E-state index >= 15 is 0 Å². The van der Waals surface area contributed by atoms with Gasteiger partial charge in [-0.25, -0.2) is 12.8 Å². The second-order valence-electron chi connectivity index (χ2n) is 11.0. The number of nitrogens with zero attached hydrogens (tertiary/aromatic N) is 1. The summed E-state index contributed by atoms with van der Waals surface area (Å²) in [6.07, 6.45) is -12.1. The van der Waals surface area contributed by atoms with Gasteiger partial charge in [-0.3, -0.25) is 4.90 Å². The zero-order chi connectivity index (χ0) is 31.8. The Kier molecular flexibility index (Phi) is 8.41. The number of rotatable bonds is 8. The van der Waals surface area contributed by atoms with Crippen LogP contribution in [0.15, 0.2) is 114 Å². The van der Waals surface area contributed by atoms with Gasteiger partial charge in [0.1, 0.15) is 4.75 Å². The summed E-state index contributed by atoms with van der Waals surface area (Å²) in [5, 5.41) is 0. The molecular formula is C33H28F7NO2S. The fraction of sp³-hybridized carbons (Fsp3) is 0.273. The number of benzene rings is 4. The zero-order valence-electron chi connectivity index (χ0n) is 23.2. The second kappa shape index (κ2) is 11.7. The minimum atomic E-state index is -6.28. The van der Waals surface area contributed by atoms with Crippen LogP contribution in [-0.2, 0) is 33.2 Å². The highest BCUT2D eigenvalue weighted by Gasteiger charge is 2.73. The number of alkyl halides is 7. The lowest BCUT2D eigenvalue weighted by molar-refractivity contribution is -0.348. The van der Waals surface area contributed by atoms with Gasteiger partial charge in [0.15, 0.2) is 9.84 Å². The third-order valence-corrected chi connectivity index (χ3v) is 10.6. The van der Waals surface area contributed by atoms with E-state index in [2.05, 4.69) is 0 Å². The first kappa shape index (κ1) is 31.7. The van der Waals surface area contributed by atoms with Crippen LogP contribution >= 0.6 is 0 Å². The SMILES string of the molecule is O=S(=O)(c1cccc(Cc2ccccc2)c1)C1(c2ccc(C(F)(C(F)(F)F)C(F)(F)F)cc2)CCN(Cc2ccccc2)C1. The van der Waals surface area contributed by atoms with Crippen molar-refractivity contribution >= 4 is 9.84 Å². The summed E-state index contributed by atoms with van der Waals surface area (Å²) in [5.74, 6) is 0. The molecular weight excluding hydrogens is 607 g/mol. The summed E-state index contributed by atoms with van der Waals surface area (Å²) in [5.41, 5.74) is -4.75. The standard InChI is InChI=1S/C33H28F7NO2S/c34-31(32(35,36)37,33(38,39)40)28-16-14-27(15-17-28)30(18-19-41(23-30)22-25-10-5-2-6-11-25)44(42,43)29-13-7-12-26(21-29)20-24-8-3-1-4-9-24/h1-17,21H,18-20,22-23H2. The van der Waals surface area contributed by atoms with Crippen molar-refractivity contribution in [1.82, 2.24) is 4.90 Å². The molecule has 0 spiro atoms. The molecule has 0 N–H and O–H groups in total. The number of hydrogen-bond donors (Lipinski definition) is 0. The molecule has 0 amide bonds. The lowest BCUT2D eigenvalue weighted by atomic mass is 9.90. The van der Waals surface area contributed by atoms with E-state index in [1.54, 1.807) is 12.1 Å². The van der Waals surface area contributed by atoms with E-state index in [1.165, 1.54) is 12.1 Å². The second-order valence-corrected chi connectivity index (χ2v) is 13.2. The van der Waals surface area contributed by atoms with Gasteiger partial charge in [0.2, 0.25) is 0 Å². The molecule has 232 valence electrons. The van der Waals surface area contributed by atoms with Crippen molar-refractivity contribution in [2.45, 2.75) is 47.1 Å². The summed E-state index contributed by atoms with van der Waals surface area (Å²) in [6.45, 7) is 0.587. The quantitative estimate of drug-likeness (QED) is 0.184. The molecule has 0 radical (unpaired) electrons. The molecule has 0 aromatic heterocycles. The molecule has 1 fully saturated rings. The van der Waals surface area contributed by atoms with Crippen molar-refractivity contribution < 1.29 is 39.2 Å². The molecule has 3 nitrogen and oxygen atoms in total. The summed E-state index contributed by atoms with van der Waals surface area (Å²) < 4.78 is 123. The van der Waals surface area contributed by atoms with Crippen LogP contribution in [0.1, 0.15) is 34.2 Å². The Labute approximate surface area is 250 Å². The molecule has 1 aliphatic heterocycles. The van der Waals surface area contributed by atoms with Crippen molar-refractivity contribution in [2.75, 3.05) is 13.1 Å². The van der Waals surface area contributed by atoms with E-state index in [0.29, 0.717) is 30.7 Å². The fourth-order valence-corrected chi connectivity index (χ4v) is 7.99. The highest BCUT2D eigenvalue weighted by atomic mass is 32.2. The lowest BCUT2D eigenvalue weighted by Gasteiger charge is -2.33. The largest absolute Gasteiger partial charge is 0.435 e. The summed E-state index contributed by atoms with van der Waals surface area (Å²) >= 11 is 0. The van der Waals surface area contributed by atoms with Crippen molar-refractivity contribution in [3.05, 3.63) is 137 Å². The normalized spacial score (nSPS) is 18.4. The minimum Gasteiger partial charge on any atom is -0.297 e. The highest BCUT2D eigenvalue weighted by Crippen LogP contribution is 2.54. The van der Waals surface area contributed by atoms with E-state index in [9.17, 15) is 39.2 Å². The molecule has 1 saturated heterocycles. The molecule has 11 heteroatoms. The highest BCUT2D eigenvalue weighted by molar-refractivity contribution is 7.92. The predicted molar refractivity (Wildman–Crippen MR) is 152 cm³/mol. The van der Waals surface area contributed by atoms with Gasteiger partial charge in [0.25, 0.3) is 0 Å². The van der Waals surface area contributed by atoms with Crippen molar-refractivity contribution in [3.63, 3.8) is 0 Å². The van der Waals surface area contributed by atoms with Crippen LogP contribution in [0.5, 0.6) is 0 Å². The summed E-state index contributed by atoms with van der Waals surface area (Å²) in [4.78, 5) is 1.85. The first-order valence-electron chi connectivity index (χ1n) is 13.7. The third kappa shape index (κ3) is 5.75. The predicted octanol–water partition coefficient (Wildman–Crippen LogP) is 8.14. The molecule has 4 aromatic rings. The molecule has 0 bridgehead atoms. The Balaban J connectivity index is 1.57. The van der Waals surface area contributed by atoms with Gasteiger partial charge in [0.05, 0.1) is 4.90 Å². The van der Waals surface area contributed by atoms with E-state index < -0.39 is 38.2 Å². The molecule has 1 heterocycles. The number of hydrogen-bond acceptors (Lipinski definition) is 3. The molecule has 5 rings (SSSR count). The van der Waals surface area contributed by atoms with E-state index in [0.717, 1.165) is 23.3 Å². The van der Waals surface area contributed by atoms with E-state index in [1.807, 2.05) is 65.6 Å². The Morgan fingerprint density at radius 3 is 1.77 bits per heavy atom. The van der Waals surface area contributed by atoms with Crippen LogP contribution in [0.4, 0.5) is 30.7 Å². The van der Waals surface area contributed by atoms with E-state index in [4.69, 9.17) is 0 Å². The van der Waals surface area contributed by atoms with Crippen molar-refractivity contribution in [1.29, 1.82) is 0 Å². The van der Waals surface area contributed by atoms with Gasteiger partial charge >= 0.3 is 18.0 Å². The van der Waals surface area contributed by atoms with Gasteiger partial charge in [0, 0.05) is 25.2 Å². The van der Waals surface area contributed by atoms with Crippen molar-refractivity contribution in [2.24, 2.45) is 0 Å². The minimum absolute atomic E-state index is 0.0167. The van der Waals surface area contributed by atoms with Gasteiger partial charge in [-0.15, -0.1) is 0 Å². The molecule has 0 saturated carbocycles. The third-order valence-electron chi connectivity index (χ3n) is 8.12. The number of sulfone groups is 1. The molecule has 44 heavy (non-hydrogen) atoms. The number of halogens is 7. The Morgan fingerprint density at radius 1 is 0.659 bits per heavy atom. The average Bonchev–Trinajstić information content (AvgIpc) is 3.42. The van der Waals surface area contributed by atoms with Crippen molar-refractivity contribution in [3.8, 4) is 0 Å². The van der Waals surface area contributed by atoms with Crippen LogP contribution in [0.2, 0.25) is 0 Å². The zero-order valence-corrected chi connectivity index (χ0v) is 24.1. The topological polar surface area (TPSA) is 37.4 Å². The van der Waals surface area contributed by atoms with Gasteiger partial charge in [-0.1, -0.05) is 97.1 Å². The molecule has 1 atom stereocenters. The van der Waals surface area contributed by atoms with Gasteiger partial charge in [-0.05, 0) is 47.2 Å². The molecule has 4 aromatic carbocycles.